The third kappa shape index (κ3) is 3.17. The summed E-state index contributed by atoms with van der Waals surface area (Å²) in [5, 5.41) is -0.0373. The number of methoxy groups -OCH3 is 1. The number of hydrogen-bond donors (Lipinski definition) is 1. The molecule has 2 N–H and O–H groups in total. The van der Waals surface area contributed by atoms with Crippen LogP contribution in [0.1, 0.15) is 18.0 Å². The van der Waals surface area contributed by atoms with E-state index in [2.05, 4.69) is 20.7 Å². The molecule has 6 heteroatoms. The van der Waals surface area contributed by atoms with Crippen molar-refractivity contribution in [3.8, 4) is 0 Å². The monoisotopic (exact) mass is 309 g/mol. The molecule has 0 radical (unpaired) electrons. The summed E-state index contributed by atoms with van der Waals surface area (Å²) in [6.45, 7) is 0. The minimum atomic E-state index is -0.568. The lowest BCUT2D eigenvalue weighted by molar-refractivity contribution is -0.141. The van der Waals surface area contributed by atoms with E-state index >= 15 is 0 Å². The zero-order chi connectivity index (χ0) is 12.3. The Morgan fingerprint density at radius 1 is 1.69 bits per heavy atom. The SMILES string of the molecule is COC(=O)CC(N)c1cc(Cl)c(F)c(Br)c1. The van der Waals surface area contributed by atoms with Gasteiger partial charge in [0, 0.05) is 6.04 Å². The standard InChI is InChI=1S/C10H10BrClFNO2/c1-16-9(15)4-8(14)5-2-6(11)10(13)7(12)3-5/h2-3,8H,4,14H2,1H3. The molecule has 0 saturated heterocycles. The molecule has 0 bridgehead atoms. The van der Waals surface area contributed by atoms with Gasteiger partial charge in [-0.15, -0.1) is 0 Å². The highest BCUT2D eigenvalue weighted by molar-refractivity contribution is 9.10. The van der Waals surface area contributed by atoms with Gasteiger partial charge in [0.05, 0.1) is 23.0 Å². The van der Waals surface area contributed by atoms with Crippen molar-refractivity contribution in [2.24, 2.45) is 5.73 Å². The van der Waals surface area contributed by atoms with Gasteiger partial charge in [0.1, 0.15) is 0 Å². The van der Waals surface area contributed by atoms with E-state index in [1.807, 2.05) is 0 Å². The van der Waals surface area contributed by atoms with Crippen LogP contribution >= 0.6 is 27.5 Å². The zero-order valence-corrected chi connectivity index (χ0v) is 10.8. The number of rotatable bonds is 3. The van der Waals surface area contributed by atoms with Crippen LogP contribution in [0, 0.1) is 5.82 Å². The summed E-state index contributed by atoms with van der Waals surface area (Å²) in [6.07, 6.45) is 0.0188. The molecule has 16 heavy (non-hydrogen) atoms. The lowest BCUT2D eigenvalue weighted by Gasteiger charge is -2.12. The van der Waals surface area contributed by atoms with E-state index in [1.165, 1.54) is 19.2 Å². The van der Waals surface area contributed by atoms with Gasteiger partial charge in [0.25, 0.3) is 0 Å². The molecule has 1 rings (SSSR count). The van der Waals surface area contributed by atoms with Gasteiger partial charge in [-0.1, -0.05) is 11.6 Å². The van der Waals surface area contributed by atoms with Crippen molar-refractivity contribution in [1.29, 1.82) is 0 Å². The summed E-state index contributed by atoms with van der Waals surface area (Å²) in [5.41, 5.74) is 6.33. The largest absolute Gasteiger partial charge is 0.469 e. The Morgan fingerprint density at radius 3 is 2.81 bits per heavy atom. The Balaban J connectivity index is 2.92. The number of esters is 1. The molecule has 1 aromatic rings. The molecule has 1 atom stereocenters. The zero-order valence-electron chi connectivity index (χ0n) is 8.47. The fourth-order valence-electron chi connectivity index (χ4n) is 1.17. The van der Waals surface area contributed by atoms with Crippen LogP contribution in [-0.4, -0.2) is 13.1 Å². The Labute approximate surface area is 106 Å². The van der Waals surface area contributed by atoms with Crippen molar-refractivity contribution in [3.63, 3.8) is 0 Å². The molecule has 0 spiro atoms. The first kappa shape index (κ1) is 13.4. The topological polar surface area (TPSA) is 52.3 Å². The maximum Gasteiger partial charge on any atom is 0.307 e. The molecule has 0 fully saturated rings. The Morgan fingerprint density at radius 2 is 2.31 bits per heavy atom. The molecule has 3 nitrogen and oxygen atoms in total. The molecule has 0 aliphatic carbocycles. The van der Waals surface area contributed by atoms with Gasteiger partial charge < -0.3 is 10.5 Å². The number of carbonyl (C=O) groups is 1. The number of nitrogens with two attached hydrogens (primary N) is 1. The highest BCUT2D eigenvalue weighted by Gasteiger charge is 2.15. The molecular formula is C10H10BrClFNO2. The van der Waals surface area contributed by atoms with Gasteiger partial charge in [0.15, 0.2) is 5.82 Å². The second kappa shape index (κ2) is 5.61. The fraction of sp³-hybridized carbons (Fsp3) is 0.300. The first-order chi connectivity index (χ1) is 7.45. The summed E-state index contributed by atoms with van der Waals surface area (Å²) in [4.78, 5) is 11.0. The summed E-state index contributed by atoms with van der Waals surface area (Å²) in [7, 11) is 1.28. The van der Waals surface area contributed by atoms with Crippen molar-refractivity contribution in [1.82, 2.24) is 0 Å². The summed E-state index contributed by atoms with van der Waals surface area (Å²) >= 11 is 8.67. The number of ether oxygens (including phenoxy) is 1. The maximum atomic E-state index is 13.2. The number of carbonyl (C=O) groups excluding carboxylic acids is 1. The molecule has 1 unspecified atom stereocenters. The van der Waals surface area contributed by atoms with Crippen molar-refractivity contribution in [2.45, 2.75) is 12.5 Å². The van der Waals surface area contributed by atoms with Gasteiger partial charge in [-0.05, 0) is 33.6 Å². The summed E-state index contributed by atoms with van der Waals surface area (Å²) in [6, 6.07) is 2.33. The van der Waals surface area contributed by atoms with E-state index in [9.17, 15) is 9.18 Å². The van der Waals surface area contributed by atoms with Crippen LogP contribution in [-0.2, 0) is 9.53 Å². The minimum absolute atomic E-state index is 0.0188. The number of hydrogen-bond acceptors (Lipinski definition) is 3. The average Bonchev–Trinajstić information content (AvgIpc) is 2.24. The van der Waals surface area contributed by atoms with Crippen molar-refractivity contribution < 1.29 is 13.9 Å². The smallest absolute Gasteiger partial charge is 0.307 e. The molecule has 0 aliphatic heterocycles. The summed E-state index contributed by atoms with van der Waals surface area (Å²) < 4.78 is 17.9. The lowest BCUT2D eigenvalue weighted by Crippen LogP contribution is -2.16. The second-order valence-corrected chi connectivity index (χ2v) is 4.45. The molecule has 1 aromatic carbocycles. The lowest BCUT2D eigenvalue weighted by atomic mass is 10.0. The Bertz CT molecular complexity index is 391. The van der Waals surface area contributed by atoms with Crippen LogP contribution in [0.2, 0.25) is 5.02 Å². The van der Waals surface area contributed by atoms with Gasteiger partial charge in [-0.25, -0.2) is 4.39 Å². The van der Waals surface area contributed by atoms with Crippen LogP contribution in [0.5, 0.6) is 0 Å². The predicted molar refractivity (Wildman–Crippen MR) is 62.7 cm³/mol. The molecule has 0 amide bonds. The Hall–Kier alpha value is -0.650. The molecule has 0 aliphatic rings. The average molecular weight is 311 g/mol. The maximum absolute atomic E-state index is 13.2. The van der Waals surface area contributed by atoms with E-state index in [4.69, 9.17) is 17.3 Å². The van der Waals surface area contributed by atoms with Gasteiger partial charge >= 0.3 is 5.97 Å². The second-order valence-electron chi connectivity index (χ2n) is 3.19. The van der Waals surface area contributed by atoms with Crippen LogP contribution in [0.3, 0.4) is 0 Å². The predicted octanol–water partition coefficient (Wildman–Crippen LogP) is 2.80. The molecule has 0 heterocycles. The molecular weight excluding hydrogens is 300 g/mol. The van der Waals surface area contributed by atoms with Crippen LogP contribution in [0.15, 0.2) is 16.6 Å². The highest BCUT2D eigenvalue weighted by atomic mass is 79.9. The first-order valence-electron chi connectivity index (χ1n) is 4.42. The Kier molecular flexibility index (Phi) is 4.70. The van der Waals surface area contributed by atoms with Gasteiger partial charge in [-0.2, -0.15) is 0 Å². The van der Waals surface area contributed by atoms with Gasteiger partial charge in [0.2, 0.25) is 0 Å². The third-order valence-electron chi connectivity index (χ3n) is 2.05. The van der Waals surface area contributed by atoms with E-state index in [0.29, 0.717) is 5.56 Å². The van der Waals surface area contributed by atoms with Crippen molar-refractivity contribution in [3.05, 3.63) is 33.0 Å². The molecule has 0 aromatic heterocycles. The van der Waals surface area contributed by atoms with E-state index < -0.39 is 17.8 Å². The first-order valence-corrected chi connectivity index (χ1v) is 5.59. The van der Waals surface area contributed by atoms with Crippen molar-refractivity contribution >= 4 is 33.5 Å². The van der Waals surface area contributed by atoms with Crippen LogP contribution in [0.25, 0.3) is 0 Å². The third-order valence-corrected chi connectivity index (χ3v) is 2.90. The summed E-state index contributed by atoms with van der Waals surface area (Å²) in [5.74, 6) is -0.972. The minimum Gasteiger partial charge on any atom is -0.469 e. The normalized spacial score (nSPS) is 12.3. The molecule has 0 saturated carbocycles. The van der Waals surface area contributed by atoms with E-state index in [-0.39, 0.29) is 15.9 Å². The highest BCUT2D eigenvalue weighted by Crippen LogP contribution is 2.28. The van der Waals surface area contributed by atoms with E-state index in [0.717, 1.165) is 0 Å². The van der Waals surface area contributed by atoms with Gasteiger partial charge in [-0.3, -0.25) is 4.79 Å². The fourth-order valence-corrected chi connectivity index (χ4v) is 1.99. The van der Waals surface area contributed by atoms with Crippen molar-refractivity contribution in [2.75, 3.05) is 7.11 Å². The van der Waals surface area contributed by atoms with Crippen LogP contribution < -0.4 is 5.73 Å². The van der Waals surface area contributed by atoms with E-state index in [1.54, 1.807) is 0 Å². The molecule has 88 valence electrons. The number of benzene rings is 1. The number of halogens is 3. The van der Waals surface area contributed by atoms with Crippen LogP contribution in [0.4, 0.5) is 4.39 Å². The quantitative estimate of drug-likeness (QED) is 0.690.